The molecule has 2 atom stereocenters. The first-order valence-corrected chi connectivity index (χ1v) is 20.5. The van der Waals surface area contributed by atoms with E-state index in [9.17, 15) is 5.11 Å². The van der Waals surface area contributed by atoms with Gasteiger partial charge >= 0.3 is 0 Å². The number of benzene rings is 1. The lowest BCUT2D eigenvalue weighted by molar-refractivity contribution is -0.0285. The molecular formula is C38H71NO15S. The maximum Gasteiger partial charge on any atom is 0.119 e. The second kappa shape index (κ2) is 43.9. The van der Waals surface area contributed by atoms with Crippen molar-refractivity contribution < 1.29 is 71.8 Å². The van der Waals surface area contributed by atoms with E-state index in [1.54, 1.807) is 6.92 Å². The van der Waals surface area contributed by atoms with Crippen molar-refractivity contribution in [1.29, 1.82) is 0 Å². The summed E-state index contributed by atoms with van der Waals surface area (Å²) in [6.07, 6.45) is 0.709. The van der Waals surface area contributed by atoms with E-state index in [1.165, 1.54) is 11.8 Å². The minimum Gasteiger partial charge on any atom is -0.494 e. The summed E-state index contributed by atoms with van der Waals surface area (Å²) in [6.45, 7) is 15.0. The van der Waals surface area contributed by atoms with E-state index in [-0.39, 0.29) is 5.44 Å². The molecule has 2 unspecified atom stereocenters. The lowest BCUT2D eigenvalue weighted by atomic mass is 10.3. The smallest absolute Gasteiger partial charge is 0.119 e. The van der Waals surface area contributed by atoms with Crippen LogP contribution < -0.4 is 10.1 Å². The van der Waals surface area contributed by atoms with Crippen LogP contribution in [0.1, 0.15) is 19.8 Å². The van der Waals surface area contributed by atoms with Crippen LogP contribution in [0.3, 0.4) is 0 Å². The Kier molecular flexibility index (Phi) is 41.3. The van der Waals surface area contributed by atoms with Crippen LogP contribution in [0.15, 0.2) is 30.3 Å². The van der Waals surface area contributed by atoms with Gasteiger partial charge < -0.3 is 71.8 Å². The number of thioether (sulfide) groups is 1. The van der Waals surface area contributed by atoms with Crippen molar-refractivity contribution in [3.8, 4) is 5.75 Å². The van der Waals surface area contributed by atoms with Gasteiger partial charge in [0.25, 0.3) is 0 Å². The SMILES string of the molecule is CC(O)SCCOCCOCCOCCOCCOCCOCCOCCOCCOCCOCCOCCOCCC(O)NCCCOc1ccccc1. The molecule has 16 nitrogen and oxygen atoms in total. The Balaban J connectivity index is 1.62. The van der Waals surface area contributed by atoms with Crippen molar-refractivity contribution in [1.82, 2.24) is 5.32 Å². The molecule has 0 aliphatic carbocycles. The van der Waals surface area contributed by atoms with Crippen LogP contribution in [0.2, 0.25) is 0 Å². The molecule has 0 bridgehead atoms. The number of ether oxygens (including phenoxy) is 13. The fourth-order valence-electron chi connectivity index (χ4n) is 4.14. The second-order valence-electron chi connectivity index (χ2n) is 11.6. The van der Waals surface area contributed by atoms with E-state index in [2.05, 4.69) is 5.32 Å². The molecule has 0 heterocycles. The van der Waals surface area contributed by atoms with Crippen LogP contribution in [0.5, 0.6) is 5.75 Å². The van der Waals surface area contributed by atoms with Crippen molar-refractivity contribution in [2.45, 2.75) is 31.4 Å². The molecule has 0 spiro atoms. The molecule has 1 aromatic carbocycles. The van der Waals surface area contributed by atoms with E-state index in [0.29, 0.717) is 178 Å². The summed E-state index contributed by atoms with van der Waals surface area (Å²) in [5.74, 6) is 1.62. The summed E-state index contributed by atoms with van der Waals surface area (Å²) in [7, 11) is 0. The van der Waals surface area contributed by atoms with Gasteiger partial charge in [0.05, 0.1) is 171 Å². The molecule has 1 rings (SSSR count). The van der Waals surface area contributed by atoms with Crippen molar-refractivity contribution in [3.63, 3.8) is 0 Å². The average molecular weight is 814 g/mol. The third kappa shape index (κ3) is 42.2. The number of aliphatic hydroxyl groups is 2. The average Bonchev–Trinajstić information content (AvgIpc) is 3.19. The molecule has 1 aromatic rings. The van der Waals surface area contributed by atoms with Crippen molar-refractivity contribution in [3.05, 3.63) is 30.3 Å². The van der Waals surface area contributed by atoms with Crippen LogP contribution >= 0.6 is 11.8 Å². The van der Waals surface area contributed by atoms with E-state index >= 15 is 0 Å². The van der Waals surface area contributed by atoms with E-state index in [4.69, 9.17) is 66.7 Å². The van der Waals surface area contributed by atoms with Gasteiger partial charge in [-0.25, -0.2) is 0 Å². The highest BCUT2D eigenvalue weighted by Gasteiger charge is 2.03. The van der Waals surface area contributed by atoms with Crippen molar-refractivity contribution in [2.24, 2.45) is 0 Å². The van der Waals surface area contributed by atoms with Crippen LogP contribution in [0.4, 0.5) is 0 Å². The van der Waals surface area contributed by atoms with Gasteiger partial charge in [-0.15, -0.1) is 11.8 Å². The zero-order valence-corrected chi connectivity index (χ0v) is 34.0. The second-order valence-corrected chi connectivity index (χ2v) is 13.0. The Morgan fingerprint density at radius 2 is 0.782 bits per heavy atom. The van der Waals surface area contributed by atoms with Crippen LogP contribution in [-0.4, -0.2) is 199 Å². The van der Waals surface area contributed by atoms with Crippen molar-refractivity contribution >= 4 is 11.8 Å². The molecule has 324 valence electrons. The third-order valence-corrected chi connectivity index (χ3v) is 7.81. The first kappa shape index (κ1) is 51.8. The zero-order valence-electron chi connectivity index (χ0n) is 33.2. The highest BCUT2D eigenvalue weighted by Crippen LogP contribution is 2.08. The zero-order chi connectivity index (χ0) is 39.4. The van der Waals surface area contributed by atoms with Gasteiger partial charge in [-0.2, -0.15) is 0 Å². The number of rotatable bonds is 46. The Bertz CT molecular complexity index is 869. The van der Waals surface area contributed by atoms with Crippen LogP contribution in [-0.2, 0) is 56.8 Å². The Hall–Kier alpha value is -1.23. The molecule has 0 amide bonds. The van der Waals surface area contributed by atoms with Crippen LogP contribution in [0.25, 0.3) is 0 Å². The molecule has 3 N–H and O–H groups in total. The summed E-state index contributed by atoms with van der Waals surface area (Å²) < 4.78 is 71.4. The number of hydrogen-bond donors (Lipinski definition) is 3. The monoisotopic (exact) mass is 813 g/mol. The molecular weight excluding hydrogens is 742 g/mol. The quantitative estimate of drug-likeness (QED) is 0.0645. The highest BCUT2D eigenvalue weighted by molar-refractivity contribution is 7.99. The molecule has 17 heteroatoms. The first-order chi connectivity index (χ1) is 27.2. The minimum atomic E-state index is -0.604. The summed E-state index contributed by atoms with van der Waals surface area (Å²) in [5.41, 5.74) is -0.357. The van der Waals surface area contributed by atoms with Gasteiger partial charge in [-0.1, -0.05) is 18.2 Å². The summed E-state index contributed by atoms with van der Waals surface area (Å²) in [5, 5.41) is 22.2. The Morgan fingerprint density at radius 3 is 1.13 bits per heavy atom. The lowest BCUT2D eigenvalue weighted by Gasteiger charge is -2.13. The fraction of sp³-hybridized carbons (Fsp3) is 0.842. The highest BCUT2D eigenvalue weighted by atomic mass is 32.2. The van der Waals surface area contributed by atoms with E-state index in [1.807, 2.05) is 30.3 Å². The maximum absolute atomic E-state index is 9.98. The largest absolute Gasteiger partial charge is 0.494 e. The fourth-order valence-corrected chi connectivity index (χ4v) is 4.70. The number of nitrogens with one attached hydrogen (secondary N) is 1. The summed E-state index contributed by atoms with van der Waals surface area (Å²) >= 11 is 1.45. The number of hydrogen-bond acceptors (Lipinski definition) is 17. The van der Waals surface area contributed by atoms with E-state index in [0.717, 1.165) is 17.9 Å². The predicted octanol–water partition coefficient (Wildman–Crippen LogP) is 2.02. The Labute approximate surface area is 333 Å². The molecule has 0 radical (unpaired) electrons. The third-order valence-electron chi connectivity index (χ3n) is 6.93. The molecule has 0 aromatic heterocycles. The predicted molar refractivity (Wildman–Crippen MR) is 209 cm³/mol. The minimum absolute atomic E-state index is 0.357. The molecule has 55 heavy (non-hydrogen) atoms. The molecule has 0 aliphatic rings. The number of para-hydroxylation sites is 1. The first-order valence-electron chi connectivity index (χ1n) is 19.5. The summed E-state index contributed by atoms with van der Waals surface area (Å²) in [4.78, 5) is 0. The molecule has 0 fully saturated rings. The standard InChI is InChI=1S/C38H71NO15S/c1-36(40)55-35-34-53-33-32-52-31-30-51-29-28-50-27-26-49-25-24-48-23-22-47-21-20-46-19-18-45-17-16-44-15-14-43-13-12-42-11-8-38(41)39-9-5-10-54-37-6-3-2-4-7-37/h2-4,6-7,36,38-41H,5,8-35H2,1H3. The molecule has 0 saturated heterocycles. The maximum atomic E-state index is 9.98. The van der Waals surface area contributed by atoms with Crippen molar-refractivity contribution in [2.75, 3.05) is 177 Å². The lowest BCUT2D eigenvalue weighted by Crippen LogP contribution is -2.31. The normalized spacial score (nSPS) is 12.7. The number of aliphatic hydroxyl groups excluding tert-OH is 2. The van der Waals surface area contributed by atoms with E-state index < -0.39 is 6.23 Å². The van der Waals surface area contributed by atoms with Gasteiger partial charge in [0.1, 0.15) is 12.0 Å². The van der Waals surface area contributed by atoms with Gasteiger partial charge in [0, 0.05) is 18.7 Å². The van der Waals surface area contributed by atoms with Crippen LogP contribution in [0, 0.1) is 0 Å². The topological polar surface area (TPSA) is 172 Å². The van der Waals surface area contributed by atoms with Gasteiger partial charge in [-0.3, -0.25) is 5.32 Å². The summed E-state index contributed by atoms with van der Waals surface area (Å²) in [6, 6.07) is 9.68. The van der Waals surface area contributed by atoms with Gasteiger partial charge in [0.15, 0.2) is 0 Å². The van der Waals surface area contributed by atoms with Gasteiger partial charge in [0.2, 0.25) is 0 Å². The molecule has 0 saturated carbocycles. The Morgan fingerprint density at radius 1 is 0.455 bits per heavy atom. The molecule has 0 aliphatic heterocycles. The van der Waals surface area contributed by atoms with Gasteiger partial charge in [-0.05, 0) is 25.5 Å².